The third kappa shape index (κ3) is 0.975. The van der Waals surface area contributed by atoms with E-state index >= 15 is 0 Å². The predicted octanol–water partition coefficient (Wildman–Crippen LogP) is 0.357. The van der Waals surface area contributed by atoms with Crippen molar-refractivity contribution in [2.75, 3.05) is 13.6 Å². The average Bonchev–Trinajstić information content (AvgIpc) is 2.48. The third-order valence-electron chi connectivity index (χ3n) is 2.49. The molecular weight excluding hydrogens is 150 g/mol. The van der Waals surface area contributed by atoms with E-state index in [1.807, 2.05) is 18.3 Å². The van der Waals surface area contributed by atoms with Crippen molar-refractivity contribution in [3.63, 3.8) is 0 Å². The lowest BCUT2D eigenvalue weighted by atomic mass is 9.89. The summed E-state index contributed by atoms with van der Waals surface area (Å²) >= 11 is 0. The van der Waals surface area contributed by atoms with E-state index < -0.39 is 0 Å². The van der Waals surface area contributed by atoms with Gasteiger partial charge in [-0.25, -0.2) is 0 Å². The van der Waals surface area contributed by atoms with Gasteiger partial charge < -0.3 is 5.73 Å². The molecule has 1 heterocycles. The minimum Gasteiger partial charge on any atom is -0.327 e. The van der Waals surface area contributed by atoms with Crippen molar-refractivity contribution in [1.29, 1.82) is 0 Å². The van der Waals surface area contributed by atoms with Crippen molar-refractivity contribution >= 4 is 6.21 Å². The average molecular weight is 163 g/mol. The topological polar surface area (TPSA) is 41.6 Å². The zero-order valence-corrected chi connectivity index (χ0v) is 7.14. The Morgan fingerprint density at radius 1 is 1.67 bits per heavy atom. The molecule has 3 nitrogen and oxygen atoms in total. The molecule has 3 heteroatoms. The second-order valence-corrected chi connectivity index (χ2v) is 3.19. The smallest absolute Gasteiger partial charge is 0.0766 e. The molecule has 0 aromatic rings. The number of nitrogens with two attached hydrogens (primary N) is 1. The van der Waals surface area contributed by atoms with Gasteiger partial charge >= 0.3 is 0 Å². The summed E-state index contributed by atoms with van der Waals surface area (Å²) in [5.74, 6) is 0.407. The van der Waals surface area contributed by atoms with Crippen molar-refractivity contribution in [2.45, 2.75) is 6.04 Å². The summed E-state index contributed by atoms with van der Waals surface area (Å²) in [7, 11) is 1.99. The van der Waals surface area contributed by atoms with Crippen LogP contribution in [-0.2, 0) is 0 Å². The van der Waals surface area contributed by atoms with Crippen LogP contribution in [0.5, 0.6) is 0 Å². The van der Waals surface area contributed by atoms with Gasteiger partial charge in [-0.05, 0) is 5.57 Å². The van der Waals surface area contributed by atoms with Gasteiger partial charge in [0.15, 0.2) is 0 Å². The van der Waals surface area contributed by atoms with E-state index in [4.69, 9.17) is 5.73 Å². The van der Waals surface area contributed by atoms with Crippen molar-refractivity contribution < 1.29 is 0 Å². The fraction of sp³-hybridized carbons (Fsp3) is 0.444. The first-order valence-electron chi connectivity index (χ1n) is 4.17. The molecule has 2 aliphatic rings. The van der Waals surface area contributed by atoms with E-state index in [0.717, 1.165) is 0 Å². The van der Waals surface area contributed by atoms with Gasteiger partial charge in [-0.15, -0.1) is 0 Å². The Balaban J connectivity index is 2.26. The lowest BCUT2D eigenvalue weighted by Crippen LogP contribution is -2.31. The van der Waals surface area contributed by atoms with Crippen LogP contribution in [0.4, 0.5) is 0 Å². The van der Waals surface area contributed by atoms with Gasteiger partial charge in [-0.1, -0.05) is 18.2 Å². The Morgan fingerprint density at radius 3 is 3.25 bits per heavy atom. The lowest BCUT2D eigenvalue weighted by molar-refractivity contribution is 0.302. The lowest BCUT2D eigenvalue weighted by Gasteiger charge is -2.24. The Labute approximate surface area is 72.2 Å². The van der Waals surface area contributed by atoms with Crippen LogP contribution in [0.25, 0.3) is 0 Å². The number of hydrogen-bond acceptors (Lipinski definition) is 3. The second-order valence-electron chi connectivity index (χ2n) is 3.19. The van der Waals surface area contributed by atoms with E-state index in [1.54, 1.807) is 0 Å². The van der Waals surface area contributed by atoms with Crippen LogP contribution in [-0.4, -0.2) is 30.9 Å². The first-order valence-corrected chi connectivity index (χ1v) is 4.17. The van der Waals surface area contributed by atoms with E-state index in [9.17, 15) is 0 Å². The number of likely N-dealkylation sites (N-methyl/N-ethyl adjacent to an activating group) is 1. The van der Waals surface area contributed by atoms with Crippen LogP contribution in [0.2, 0.25) is 0 Å². The van der Waals surface area contributed by atoms with Gasteiger partial charge in [-0.3, -0.25) is 5.01 Å². The monoisotopic (exact) mass is 163 g/mol. The maximum atomic E-state index is 5.62. The van der Waals surface area contributed by atoms with Crippen LogP contribution in [0, 0.1) is 5.92 Å². The molecule has 1 aliphatic heterocycles. The molecule has 0 aromatic heterocycles. The summed E-state index contributed by atoms with van der Waals surface area (Å²) in [5.41, 5.74) is 6.90. The SMILES string of the molecule is CN1N=CC2C(CN)=CC=CC21. The standard InChI is InChI=1S/C9H13N3/c1-12-9-4-2-3-7(5-10)8(9)6-11-12/h2-4,6,8-9H,5,10H2,1H3. The predicted molar refractivity (Wildman–Crippen MR) is 49.8 cm³/mol. The van der Waals surface area contributed by atoms with Crippen LogP contribution < -0.4 is 5.73 Å². The van der Waals surface area contributed by atoms with Gasteiger partial charge in [0, 0.05) is 25.7 Å². The van der Waals surface area contributed by atoms with Crippen molar-refractivity contribution in [3.8, 4) is 0 Å². The number of allylic oxidation sites excluding steroid dienone is 2. The molecule has 2 atom stereocenters. The van der Waals surface area contributed by atoms with Gasteiger partial charge in [-0.2, -0.15) is 5.10 Å². The molecule has 0 saturated heterocycles. The molecule has 0 spiro atoms. The molecule has 0 fully saturated rings. The van der Waals surface area contributed by atoms with Gasteiger partial charge in [0.1, 0.15) is 0 Å². The second kappa shape index (κ2) is 2.75. The maximum Gasteiger partial charge on any atom is 0.0766 e. The highest BCUT2D eigenvalue weighted by Gasteiger charge is 2.29. The van der Waals surface area contributed by atoms with Crippen molar-refractivity contribution in [1.82, 2.24) is 5.01 Å². The van der Waals surface area contributed by atoms with Crippen LogP contribution in [0.1, 0.15) is 0 Å². The fourth-order valence-corrected chi connectivity index (χ4v) is 1.74. The highest BCUT2D eigenvalue weighted by molar-refractivity contribution is 5.70. The molecule has 0 radical (unpaired) electrons. The molecule has 12 heavy (non-hydrogen) atoms. The van der Waals surface area contributed by atoms with E-state index in [-0.39, 0.29) is 0 Å². The number of hydrogen-bond donors (Lipinski definition) is 1. The summed E-state index contributed by atoms with van der Waals surface area (Å²) in [6.45, 7) is 0.630. The molecule has 2 N–H and O–H groups in total. The van der Waals surface area contributed by atoms with E-state index in [1.165, 1.54) is 5.57 Å². The Bertz CT molecular complexity index is 265. The molecule has 1 aliphatic carbocycles. The van der Waals surface area contributed by atoms with E-state index in [2.05, 4.69) is 23.3 Å². The van der Waals surface area contributed by atoms with Gasteiger partial charge in [0.25, 0.3) is 0 Å². The first kappa shape index (κ1) is 7.55. The summed E-state index contributed by atoms with van der Waals surface area (Å²) in [6, 6.07) is 0.397. The molecule has 0 amide bonds. The van der Waals surface area contributed by atoms with Crippen molar-refractivity contribution in [3.05, 3.63) is 23.8 Å². The maximum absolute atomic E-state index is 5.62. The largest absolute Gasteiger partial charge is 0.327 e. The van der Waals surface area contributed by atoms with Gasteiger partial charge in [0.05, 0.1) is 6.04 Å². The third-order valence-corrected chi connectivity index (χ3v) is 2.49. The van der Waals surface area contributed by atoms with E-state index in [0.29, 0.717) is 18.5 Å². The molecule has 0 aromatic carbocycles. The molecule has 0 bridgehead atoms. The molecule has 64 valence electrons. The molecule has 2 rings (SSSR count). The Morgan fingerprint density at radius 2 is 2.50 bits per heavy atom. The Kier molecular flexibility index (Phi) is 1.73. The van der Waals surface area contributed by atoms with Crippen LogP contribution in [0.15, 0.2) is 28.9 Å². The fourth-order valence-electron chi connectivity index (χ4n) is 1.74. The summed E-state index contributed by atoms with van der Waals surface area (Å²) in [5, 5.41) is 6.22. The zero-order chi connectivity index (χ0) is 8.55. The summed E-state index contributed by atoms with van der Waals surface area (Å²) in [6.07, 6.45) is 8.30. The highest BCUT2D eigenvalue weighted by Crippen LogP contribution is 2.26. The highest BCUT2D eigenvalue weighted by atomic mass is 15.5. The van der Waals surface area contributed by atoms with Crippen LogP contribution >= 0.6 is 0 Å². The molecule has 2 unspecified atom stereocenters. The zero-order valence-electron chi connectivity index (χ0n) is 7.14. The number of nitrogens with zero attached hydrogens (tertiary/aromatic N) is 2. The minimum absolute atomic E-state index is 0.397. The number of fused-ring (bicyclic) bond motifs is 1. The molecule has 0 saturated carbocycles. The Hall–Kier alpha value is -1.09. The van der Waals surface area contributed by atoms with Gasteiger partial charge in [0.2, 0.25) is 0 Å². The minimum atomic E-state index is 0.397. The summed E-state index contributed by atoms with van der Waals surface area (Å²) in [4.78, 5) is 0. The quantitative estimate of drug-likeness (QED) is 0.606. The number of rotatable bonds is 1. The first-order chi connectivity index (χ1) is 5.83. The summed E-state index contributed by atoms with van der Waals surface area (Å²) < 4.78 is 0. The van der Waals surface area contributed by atoms with Crippen LogP contribution in [0.3, 0.4) is 0 Å². The van der Waals surface area contributed by atoms with Crippen molar-refractivity contribution in [2.24, 2.45) is 16.8 Å². The molecular formula is C9H13N3. The number of hydrazone groups is 1. The normalized spacial score (nSPS) is 32.2.